The highest BCUT2D eigenvalue weighted by molar-refractivity contribution is 5.88. The van der Waals surface area contributed by atoms with Crippen molar-refractivity contribution in [3.63, 3.8) is 0 Å². The molecule has 5 heteroatoms. The molecule has 0 amide bonds. The number of ether oxygens (including phenoxy) is 1. The van der Waals surface area contributed by atoms with Gasteiger partial charge in [0.25, 0.3) is 0 Å². The van der Waals surface area contributed by atoms with Crippen LogP contribution in [0.4, 0.5) is 10.1 Å². The molecule has 1 atom stereocenters. The number of nitrogens with one attached hydrogen (secondary N) is 1. The van der Waals surface area contributed by atoms with Gasteiger partial charge in [-0.15, -0.1) is 0 Å². The van der Waals surface area contributed by atoms with Gasteiger partial charge in [0.15, 0.2) is 0 Å². The van der Waals surface area contributed by atoms with E-state index in [1.165, 1.54) is 12.1 Å². The van der Waals surface area contributed by atoms with Gasteiger partial charge in [-0.25, -0.2) is 9.18 Å². The Hall–Kier alpha value is -1.62. The summed E-state index contributed by atoms with van der Waals surface area (Å²) < 4.78 is 18.9. The van der Waals surface area contributed by atoms with Crippen molar-refractivity contribution in [2.75, 3.05) is 18.5 Å². The second-order valence-electron chi connectivity index (χ2n) is 4.06. The first-order valence-electron chi connectivity index (χ1n) is 5.54. The maximum Gasteiger partial charge on any atom is 0.335 e. The Morgan fingerprint density at radius 1 is 1.53 bits per heavy atom. The van der Waals surface area contributed by atoms with Gasteiger partial charge in [0.1, 0.15) is 5.82 Å². The first-order valence-corrected chi connectivity index (χ1v) is 5.54. The first-order chi connectivity index (χ1) is 8.16. The Bertz CT molecular complexity index is 416. The molecular weight excluding hydrogens is 225 g/mol. The largest absolute Gasteiger partial charge is 0.478 e. The highest BCUT2D eigenvalue weighted by Gasteiger charge is 2.16. The highest BCUT2D eigenvalue weighted by Crippen LogP contribution is 2.19. The number of carboxylic acid groups (broad SMARTS) is 1. The Morgan fingerprint density at radius 2 is 2.35 bits per heavy atom. The van der Waals surface area contributed by atoms with Gasteiger partial charge >= 0.3 is 5.97 Å². The monoisotopic (exact) mass is 239 g/mol. The van der Waals surface area contributed by atoms with E-state index in [1.54, 1.807) is 0 Å². The molecule has 0 saturated carbocycles. The molecule has 2 N–H and O–H groups in total. The Balaban J connectivity index is 2.08. The summed E-state index contributed by atoms with van der Waals surface area (Å²) in [5, 5.41) is 11.7. The van der Waals surface area contributed by atoms with Crippen molar-refractivity contribution >= 4 is 11.7 Å². The van der Waals surface area contributed by atoms with Gasteiger partial charge in [-0.05, 0) is 31.0 Å². The lowest BCUT2D eigenvalue weighted by molar-refractivity contribution is 0.0696. The summed E-state index contributed by atoms with van der Waals surface area (Å²) in [5.74, 6) is -1.67. The van der Waals surface area contributed by atoms with Crippen LogP contribution in [0.25, 0.3) is 0 Å². The zero-order chi connectivity index (χ0) is 12.3. The molecule has 2 rings (SSSR count). The molecule has 17 heavy (non-hydrogen) atoms. The predicted molar refractivity (Wildman–Crippen MR) is 60.8 cm³/mol. The number of hydrogen-bond acceptors (Lipinski definition) is 3. The number of halogens is 1. The average Bonchev–Trinajstić information content (AvgIpc) is 2.33. The van der Waals surface area contributed by atoms with Gasteiger partial charge < -0.3 is 15.2 Å². The van der Waals surface area contributed by atoms with E-state index in [0.717, 1.165) is 25.5 Å². The summed E-state index contributed by atoms with van der Waals surface area (Å²) in [6.45, 7) is 1.30. The summed E-state index contributed by atoms with van der Waals surface area (Å²) in [6.07, 6.45) is 1.88. The maximum absolute atomic E-state index is 13.6. The van der Waals surface area contributed by atoms with Crippen molar-refractivity contribution < 1.29 is 19.0 Å². The summed E-state index contributed by atoms with van der Waals surface area (Å²) in [7, 11) is 0. The molecular formula is C12H14FNO3. The molecule has 0 spiro atoms. The van der Waals surface area contributed by atoms with Crippen LogP contribution in [0.15, 0.2) is 18.2 Å². The summed E-state index contributed by atoms with van der Waals surface area (Å²) in [4.78, 5) is 10.6. The SMILES string of the molecule is O=C(O)c1ccc(NC2CCCOC2)c(F)c1. The molecule has 0 bridgehead atoms. The molecule has 0 aliphatic carbocycles. The molecule has 1 saturated heterocycles. The van der Waals surface area contributed by atoms with E-state index < -0.39 is 11.8 Å². The van der Waals surface area contributed by atoms with E-state index in [4.69, 9.17) is 9.84 Å². The van der Waals surface area contributed by atoms with E-state index in [-0.39, 0.29) is 11.6 Å². The molecule has 1 unspecified atom stereocenters. The topological polar surface area (TPSA) is 58.6 Å². The smallest absolute Gasteiger partial charge is 0.335 e. The summed E-state index contributed by atoms with van der Waals surface area (Å²) in [5.41, 5.74) is 0.276. The predicted octanol–water partition coefficient (Wildman–Crippen LogP) is 2.11. The minimum atomic E-state index is -1.13. The van der Waals surface area contributed by atoms with Gasteiger partial charge in [0, 0.05) is 12.6 Å². The lowest BCUT2D eigenvalue weighted by Gasteiger charge is -2.24. The number of anilines is 1. The fourth-order valence-electron chi connectivity index (χ4n) is 1.84. The molecule has 0 radical (unpaired) electrons. The van der Waals surface area contributed by atoms with Gasteiger partial charge in [0.2, 0.25) is 0 Å². The molecule has 1 fully saturated rings. The lowest BCUT2D eigenvalue weighted by atomic mass is 10.1. The highest BCUT2D eigenvalue weighted by atomic mass is 19.1. The van der Waals surface area contributed by atoms with Crippen molar-refractivity contribution in [3.8, 4) is 0 Å². The first kappa shape index (κ1) is 11.9. The number of aromatic carboxylic acids is 1. The Kier molecular flexibility index (Phi) is 3.58. The Labute approximate surface area is 98.4 Å². The van der Waals surface area contributed by atoms with Gasteiger partial charge in [-0.2, -0.15) is 0 Å². The van der Waals surface area contributed by atoms with E-state index in [1.807, 2.05) is 0 Å². The van der Waals surface area contributed by atoms with Crippen molar-refractivity contribution in [3.05, 3.63) is 29.6 Å². The minimum Gasteiger partial charge on any atom is -0.478 e. The fraction of sp³-hybridized carbons (Fsp3) is 0.417. The van der Waals surface area contributed by atoms with Crippen LogP contribution in [0.3, 0.4) is 0 Å². The Morgan fingerprint density at radius 3 is 2.94 bits per heavy atom. The van der Waals surface area contributed by atoms with E-state index in [0.29, 0.717) is 12.3 Å². The second kappa shape index (κ2) is 5.14. The van der Waals surface area contributed by atoms with Crippen LogP contribution in [0, 0.1) is 5.82 Å². The van der Waals surface area contributed by atoms with Crippen LogP contribution in [-0.2, 0) is 4.74 Å². The second-order valence-corrected chi connectivity index (χ2v) is 4.06. The number of hydrogen-bond donors (Lipinski definition) is 2. The maximum atomic E-state index is 13.6. The normalized spacial score (nSPS) is 19.9. The molecule has 1 aliphatic heterocycles. The third kappa shape index (κ3) is 2.94. The van der Waals surface area contributed by atoms with Crippen LogP contribution in [0.1, 0.15) is 23.2 Å². The zero-order valence-corrected chi connectivity index (χ0v) is 9.28. The number of benzene rings is 1. The summed E-state index contributed by atoms with van der Waals surface area (Å²) in [6, 6.07) is 3.95. The standard InChI is InChI=1S/C12H14FNO3/c13-10-6-8(12(15)16)3-4-11(10)14-9-2-1-5-17-7-9/h3-4,6,9,14H,1-2,5,7H2,(H,15,16). The molecule has 1 aliphatic rings. The van der Waals surface area contributed by atoms with Crippen LogP contribution in [0.2, 0.25) is 0 Å². The van der Waals surface area contributed by atoms with Crippen LogP contribution in [-0.4, -0.2) is 30.3 Å². The molecule has 1 heterocycles. The zero-order valence-electron chi connectivity index (χ0n) is 9.28. The van der Waals surface area contributed by atoms with Crippen LogP contribution in [0.5, 0.6) is 0 Å². The third-order valence-electron chi connectivity index (χ3n) is 2.74. The van der Waals surface area contributed by atoms with E-state index in [2.05, 4.69) is 5.32 Å². The van der Waals surface area contributed by atoms with Crippen molar-refractivity contribution in [2.24, 2.45) is 0 Å². The number of rotatable bonds is 3. The average molecular weight is 239 g/mol. The van der Waals surface area contributed by atoms with E-state index >= 15 is 0 Å². The number of carboxylic acids is 1. The lowest BCUT2D eigenvalue weighted by Crippen LogP contribution is -2.30. The van der Waals surface area contributed by atoms with Crippen molar-refractivity contribution in [1.29, 1.82) is 0 Å². The van der Waals surface area contributed by atoms with Crippen molar-refractivity contribution in [1.82, 2.24) is 0 Å². The van der Waals surface area contributed by atoms with Gasteiger partial charge in [-0.1, -0.05) is 0 Å². The van der Waals surface area contributed by atoms with Crippen LogP contribution < -0.4 is 5.32 Å². The van der Waals surface area contributed by atoms with E-state index in [9.17, 15) is 9.18 Å². The molecule has 1 aromatic rings. The fourth-order valence-corrected chi connectivity index (χ4v) is 1.84. The quantitative estimate of drug-likeness (QED) is 0.848. The molecule has 92 valence electrons. The number of carbonyl (C=O) groups is 1. The van der Waals surface area contributed by atoms with Gasteiger partial charge in [-0.3, -0.25) is 0 Å². The van der Waals surface area contributed by atoms with Crippen molar-refractivity contribution in [2.45, 2.75) is 18.9 Å². The molecule has 0 aromatic heterocycles. The third-order valence-corrected chi connectivity index (χ3v) is 2.74. The molecule has 1 aromatic carbocycles. The van der Waals surface area contributed by atoms with Gasteiger partial charge in [0.05, 0.1) is 17.9 Å². The minimum absolute atomic E-state index is 0.0482. The summed E-state index contributed by atoms with van der Waals surface area (Å²) >= 11 is 0. The molecule has 4 nitrogen and oxygen atoms in total. The van der Waals surface area contributed by atoms with Crippen LogP contribution >= 0.6 is 0 Å².